The van der Waals surface area contributed by atoms with Gasteiger partial charge in [-0.05, 0) is 19.1 Å². The molecular formula is C7H14N. The monoisotopic (exact) mass is 112 g/mol. The van der Waals surface area contributed by atoms with E-state index in [0.29, 0.717) is 0 Å². The molecule has 0 amide bonds. The van der Waals surface area contributed by atoms with Gasteiger partial charge in [-0.25, -0.2) is 0 Å². The maximum absolute atomic E-state index is 3.63. The second kappa shape index (κ2) is 6.67. The van der Waals surface area contributed by atoms with Crippen molar-refractivity contribution in [3.05, 3.63) is 7.05 Å². The number of aliphatic imine (C=N–C) groups is 1. The summed E-state index contributed by atoms with van der Waals surface area (Å²) in [4.78, 5) is 3.63. The van der Waals surface area contributed by atoms with Crippen LogP contribution in [0, 0.1) is 7.05 Å². The van der Waals surface area contributed by atoms with Crippen LogP contribution in [0.1, 0.15) is 32.6 Å². The molecule has 0 aromatic heterocycles. The molecule has 0 N–H and O–H groups in total. The van der Waals surface area contributed by atoms with E-state index in [4.69, 9.17) is 0 Å². The summed E-state index contributed by atoms with van der Waals surface area (Å²) < 4.78 is 0. The Bertz CT molecular complexity index is 57.4. The van der Waals surface area contributed by atoms with Gasteiger partial charge in [0.1, 0.15) is 0 Å². The Hall–Kier alpha value is -0.330. The van der Waals surface area contributed by atoms with Gasteiger partial charge in [0.2, 0.25) is 0 Å². The molecule has 0 saturated heterocycles. The van der Waals surface area contributed by atoms with E-state index in [1.165, 1.54) is 19.3 Å². The summed E-state index contributed by atoms with van der Waals surface area (Å²) in [6.07, 6.45) is 6.82. The van der Waals surface area contributed by atoms with Crippen molar-refractivity contribution in [3.63, 3.8) is 0 Å². The molecule has 0 heterocycles. The number of rotatable bonds is 4. The van der Waals surface area contributed by atoms with E-state index < -0.39 is 0 Å². The van der Waals surface area contributed by atoms with Crippen molar-refractivity contribution in [1.82, 2.24) is 0 Å². The molecule has 1 radical (unpaired) electrons. The first-order valence-electron chi connectivity index (χ1n) is 3.19. The van der Waals surface area contributed by atoms with E-state index in [0.717, 1.165) is 6.42 Å². The molecule has 0 bridgehead atoms. The van der Waals surface area contributed by atoms with Gasteiger partial charge in [-0.15, -0.1) is 0 Å². The molecule has 0 atom stereocenters. The summed E-state index contributed by atoms with van der Waals surface area (Å²) in [6.45, 7) is 2.20. The predicted molar refractivity (Wildman–Crippen MR) is 38.0 cm³/mol. The van der Waals surface area contributed by atoms with Crippen LogP contribution in [0.5, 0.6) is 0 Å². The molecule has 1 nitrogen and oxygen atoms in total. The van der Waals surface area contributed by atoms with Gasteiger partial charge in [-0.3, -0.25) is 4.99 Å². The van der Waals surface area contributed by atoms with Crippen LogP contribution >= 0.6 is 0 Å². The summed E-state index contributed by atoms with van der Waals surface area (Å²) in [5, 5.41) is 0. The predicted octanol–water partition coefficient (Wildman–Crippen LogP) is 2.43. The fraction of sp³-hybridized carbons (Fsp3) is 0.714. The van der Waals surface area contributed by atoms with Crippen molar-refractivity contribution < 1.29 is 0 Å². The average Bonchev–Trinajstić information content (AvgIpc) is 1.81. The summed E-state index contributed by atoms with van der Waals surface area (Å²) in [7, 11) is 3.35. The van der Waals surface area contributed by atoms with Crippen LogP contribution in [0.25, 0.3) is 0 Å². The highest BCUT2D eigenvalue weighted by atomic mass is 14.6. The first-order chi connectivity index (χ1) is 3.91. The Balaban J connectivity index is 2.72. The number of unbranched alkanes of at least 4 members (excludes halogenated alkanes) is 3. The summed E-state index contributed by atoms with van der Waals surface area (Å²) in [6, 6.07) is 0. The zero-order valence-electron chi connectivity index (χ0n) is 5.56. The SMILES string of the molecule is [CH2]N=CCCCCC. The first-order valence-corrected chi connectivity index (χ1v) is 3.19. The van der Waals surface area contributed by atoms with Crippen LogP contribution in [0.3, 0.4) is 0 Å². The minimum atomic E-state index is 1.09. The van der Waals surface area contributed by atoms with Gasteiger partial charge in [-0.2, -0.15) is 0 Å². The third-order valence-electron chi connectivity index (χ3n) is 1.07. The lowest BCUT2D eigenvalue weighted by Crippen LogP contribution is -1.74. The molecule has 0 saturated carbocycles. The fourth-order valence-electron chi connectivity index (χ4n) is 0.577. The zero-order valence-corrected chi connectivity index (χ0v) is 5.56. The lowest BCUT2D eigenvalue weighted by atomic mass is 10.2. The third kappa shape index (κ3) is 5.67. The Labute approximate surface area is 51.8 Å². The molecule has 8 heavy (non-hydrogen) atoms. The van der Waals surface area contributed by atoms with Gasteiger partial charge in [0.05, 0.1) is 7.05 Å². The van der Waals surface area contributed by atoms with Crippen molar-refractivity contribution in [1.29, 1.82) is 0 Å². The molecule has 47 valence electrons. The van der Waals surface area contributed by atoms with Gasteiger partial charge in [0, 0.05) is 0 Å². The molecule has 0 fully saturated rings. The van der Waals surface area contributed by atoms with Crippen LogP contribution in [-0.4, -0.2) is 6.21 Å². The molecule has 0 aliphatic rings. The van der Waals surface area contributed by atoms with Crippen molar-refractivity contribution in [2.24, 2.45) is 4.99 Å². The van der Waals surface area contributed by atoms with Gasteiger partial charge < -0.3 is 0 Å². The number of hydrogen-bond donors (Lipinski definition) is 0. The maximum atomic E-state index is 3.63. The highest BCUT2D eigenvalue weighted by Gasteiger charge is 1.79. The molecule has 0 aliphatic heterocycles. The van der Waals surface area contributed by atoms with Crippen molar-refractivity contribution in [2.75, 3.05) is 0 Å². The second-order valence-corrected chi connectivity index (χ2v) is 1.86. The van der Waals surface area contributed by atoms with Crippen LogP contribution < -0.4 is 0 Å². The average molecular weight is 112 g/mol. The maximum Gasteiger partial charge on any atom is 0.0581 e. The van der Waals surface area contributed by atoms with Crippen LogP contribution in [0.15, 0.2) is 4.99 Å². The summed E-state index contributed by atoms with van der Waals surface area (Å²) in [5.41, 5.74) is 0. The van der Waals surface area contributed by atoms with E-state index in [2.05, 4.69) is 19.0 Å². The highest BCUT2D eigenvalue weighted by molar-refractivity contribution is 5.56. The minimum absolute atomic E-state index is 1.09. The van der Waals surface area contributed by atoms with E-state index in [1.54, 1.807) is 0 Å². The molecular weight excluding hydrogens is 98.1 g/mol. The molecule has 0 rings (SSSR count). The Kier molecular flexibility index (Phi) is 6.39. The molecule has 1 heteroatoms. The van der Waals surface area contributed by atoms with Crippen molar-refractivity contribution >= 4 is 6.21 Å². The number of nitrogens with zero attached hydrogens (tertiary/aromatic N) is 1. The normalized spacial score (nSPS) is 10.8. The van der Waals surface area contributed by atoms with Gasteiger partial charge in [0.25, 0.3) is 0 Å². The first kappa shape index (κ1) is 7.67. The molecule has 0 unspecified atom stereocenters. The van der Waals surface area contributed by atoms with E-state index in [-0.39, 0.29) is 0 Å². The van der Waals surface area contributed by atoms with Crippen molar-refractivity contribution in [2.45, 2.75) is 32.6 Å². The third-order valence-corrected chi connectivity index (χ3v) is 1.07. The quantitative estimate of drug-likeness (QED) is 0.391. The summed E-state index contributed by atoms with van der Waals surface area (Å²) in [5.74, 6) is 0. The van der Waals surface area contributed by atoms with E-state index in [9.17, 15) is 0 Å². The number of hydrogen-bond acceptors (Lipinski definition) is 1. The summed E-state index contributed by atoms with van der Waals surface area (Å²) >= 11 is 0. The molecule has 0 aromatic rings. The Morgan fingerprint density at radius 3 is 2.75 bits per heavy atom. The molecule has 0 aromatic carbocycles. The highest BCUT2D eigenvalue weighted by Crippen LogP contribution is 1.95. The Morgan fingerprint density at radius 2 is 2.25 bits per heavy atom. The lowest BCUT2D eigenvalue weighted by molar-refractivity contribution is 0.746. The fourth-order valence-corrected chi connectivity index (χ4v) is 0.577. The Morgan fingerprint density at radius 1 is 1.50 bits per heavy atom. The second-order valence-electron chi connectivity index (χ2n) is 1.86. The smallest absolute Gasteiger partial charge is 0.0581 e. The standard InChI is InChI=1S/C7H14N/c1-3-4-5-6-7-8-2/h7H,2-6H2,1H3. The molecule has 0 aliphatic carbocycles. The van der Waals surface area contributed by atoms with Crippen LogP contribution in [0.2, 0.25) is 0 Å². The van der Waals surface area contributed by atoms with E-state index >= 15 is 0 Å². The van der Waals surface area contributed by atoms with Crippen molar-refractivity contribution in [3.8, 4) is 0 Å². The zero-order chi connectivity index (χ0) is 6.24. The van der Waals surface area contributed by atoms with Gasteiger partial charge in [-0.1, -0.05) is 19.8 Å². The minimum Gasteiger partial charge on any atom is -0.296 e. The van der Waals surface area contributed by atoms with Crippen LogP contribution in [0.4, 0.5) is 0 Å². The largest absolute Gasteiger partial charge is 0.296 e. The van der Waals surface area contributed by atoms with Gasteiger partial charge in [0.15, 0.2) is 0 Å². The lowest BCUT2D eigenvalue weighted by Gasteiger charge is -1.88. The van der Waals surface area contributed by atoms with Gasteiger partial charge >= 0.3 is 0 Å². The molecule has 0 spiro atoms. The topological polar surface area (TPSA) is 12.4 Å². The van der Waals surface area contributed by atoms with E-state index in [1.807, 2.05) is 6.21 Å². The van der Waals surface area contributed by atoms with Crippen LogP contribution in [-0.2, 0) is 0 Å².